The summed E-state index contributed by atoms with van der Waals surface area (Å²) in [4.78, 5) is 0.135. The maximum Gasteiger partial charge on any atom is 0.242 e. The molecular weight excluding hydrogens is 254 g/mol. The van der Waals surface area contributed by atoms with Crippen molar-refractivity contribution in [1.82, 2.24) is 4.31 Å². The van der Waals surface area contributed by atoms with Gasteiger partial charge in [-0.05, 0) is 18.2 Å². The summed E-state index contributed by atoms with van der Waals surface area (Å²) in [6.07, 6.45) is 0. The molecule has 0 fully saturated rings. The van der Waals surface area contributed by atoms with Crippen LogP contribution in [0.2, 0.25) is 0 Å². The zero-order valence-electron chi connectivity index (χ0n) is 10.5. The highest BCUT2D eigenvalue weighted by Gasteiger charge is 2.18. The van der Waals surface area contributed by atoms with Gasteiger partial charge in [0.05, 0.1) is 17.6 Å². The number of sulfonamides is 1. The van der Waals surface area contributed by atoms with Crippen molar-refractivity contribution in [3.05, 3.63) is 23.8 Å². The van der Waals surface area contributed by atoms with Gasteiger partial charge >= 0.3 is 0 Å². The van der Waals surface area contributed by atoms with Crippen LogP contribution in [0.1, 0.15) is 5.56 Å². The number of rotatable bonds is 3. The fourth-order valence-corrected chi connectivity index (χ4v) is 2.22. The smallest absolute Gasteiger partial charge is 0.242 e. The van der Waals surface area contributed by atoms with Crippen LogP contribution >= 0.6 is 0 Å². The third-order valence-electron chi connectivity index (χ3n) is 2.25. The number of nitrogens with zero attached hydrogens (tertiary/aromatic N) is 1. The first-order valence-corrected chi connectivity index (χ1v) is 6.57. The second-order valence-corrected chi connectivity index (χ2v) is 5.76. The number of benzene rings is 1. The maximum absolute atomic E-state index is 11.9. The summed E-state index contributed by atoms with van der Waals surface area (Å²) in [7, 11) is 0.884. The van der Waals surface area contributed by atoms with Crippen LogP contribution < -0.4 is 4.74 Å². The third kappa shape index (κ3) is 3.01. The molecule has 0 heterocycles. The molecule has 5 nitrogen and oxygen atoms in total. The second-order valence-electron chi connectivity index (χ2n) is 3.61. The SMILES string of the molecule is COc1ccc(S(=O)(=O)N(C)C)cc1C#CCO. The monoisotopic (exact) mass is 269 g/mol. The first-order valence-electron chi connectivity index (χ1n) is 5.13. The zero-order chi connectivity index (χ0) is 13.8. The van der Waals surface area contributed by atoms with Crippen molar-refractivity contribution in [3.63, 3.8) is 0 Å². The van der Waals surface area contributed by atoms with Crippen molar-refractivity contribution in [2.24, 2.45) is 0 Å². The number of hydrogen-bond donors (Lipinski definition) is 1. The Labute approximate surface area is 107 Å². The molecule has 0 unspecified atom stereocenters. The number of aliphatic hydroxyl groups is 1. The van der Waals surface area contributed by atoms with Crippen LogP contribution in [0.15, 0.2) is 23.1 Å². The van der Waals surface area contributed by atoms with Gasteiger partial charge in [-0.1, -0.05) is 11.8 Å². The molecule has 18 heavy (non-hydrogen) atoms. The van der Waals surface area contributed by atoms with Gasteiger partial charge in [-0.15, -0.1) is 0 Å². The summed E-state index contributed by atoms with van der Waals surface area (Å²) in [6, 6.07) is 4.42. The Balaban J connectivity index is 3.36. The normalized spacial score (nSPS) is 10.9. The van der Waals surface area contributed by atoms with Gasteiger partial charge in [0.25, 0.3) is 0 Å². The van der Waals surface area contributed by atoms with Crippen molar-refractivity contribution in [3.8, 4) is 17.6 Å². The Morgan fingerprint density at radius 1 is 1.39 bits per heavy atom. The summed E-state index contributed by atoms with van der Waals surface area (Å²) in [5.74, 6) is 5.59. The van der Waals surface area contributed by atoms with E-state index >= 15 is 0 Å². The van der Waals surface area contributed by atoms with E-state index in [1.54, 1.807) is 0 Å². The molecule has 1 N–H and O–H groups in total. The van der Waals surface area contributed by atoms with Gasteiger partial charge in [-0.2, -0.15) is 0 Å². The molecule has 0 aromatic heterocycles. The van der Waals surface area contributed by atoms with E-state index in [-0.39, 0.29) is 11.5 Å². The van der Waals surface area contributed by atoms with E-state index in [2.05, 4.69) is 11.8 Å². The van der Waals surface area contributed by atoms with Gasteiger partial charge < -0.3 is 9.84 Å². The van der Waals surface area contributed by atoms with Gasteiger partial charge in [0.15, 0.2) is 0 Å². The minimum absolute atomic E-state index is 0.135. The van der Waals surface area contributed by atoms with E-state index in [0.717, 1.165) is 4.31 Å². The molecule has 0 saturated carbocycles. The molecule has 1 aromatic rings. The summed E-state index contributed by atoms with van der Waals surface area (Å²) in [5.41, 5.74) is 0.425. The minimum atomic E-state index is -3.50. The molecule has 0 amide bonds. The average Bonchev–Trinajstić information content (AvgIpc) is 2.35. The molecule has 0 saturated heterocycles. The highest BCUT2D eigenvalue weighted by molar-refractivity contribution is 7.89. The van der Waals surface area contributed by atoms with Gasteiger partial charge in [0.2, 0.25) is 10.0 Å². The standard InChI is InChI=1S/C12H15NO4S/c1-13(2)18(15,16)11-6-7-12(17-3)10(9-11)5-4-8-14/h6-7,9,14H,8H2,1-3H3. The first-order chi connectivity index (χ1) is 8.43. The Morgan fingerprint density at radius 3 is 2.56 bits per heavy atom. The van der Waals surface area contributed by atoms with Gasteiger partial charge in [-0.3, -0.25) is 0 Å². The summed E-state index contributed by atoms with van der Waals surface area (Å²) in [5, 5.41) is 8.67. The highest BCUT2D eigenvalue weighted by Crippen LogP contribution is 2.22. The molecule has 0 aliphatic rings. The molecule has 0 aliphatic carbocycles. The van der Waals surface area contributed by atoms with E-state index < -0.39 is 10.0 Å². The Morgan fingerprint density at radius 2 is 2.06 bits per heavy atom. The van der Waals surface area contributed by atoms with Gasteiger partial charge in [0, 0.05) is 14.1 Å². The second kappa shape index (κ2) is 5.87. The molecule has 1 rings (SSSR count). The van der Waals surface area contributed by atoms with Crippen LogP contribution in [0.25, 0.3) is 0 Å². The maximum atomic E-state index is 11.9. The summed E-state index contributed by atoms with van der Waals surface area (Å²) in [6.45, 7) is -0.298. The number of aliphatic hydroxyl groups excluding tert-OH is 1. The van der Waals surface area contributed by atoms with Crippen LogP contribution in [-0.4, -0.2) is 45.6 Å². The molecule has 0 aliphatic heterocycles. The van der Waals surface area contributed by atoms with Crippen LogP contribution in [-0.2, 0) is 10.0 Å². The van der Waals surface area contributed by atoms with E-state index in [0.29, 0.717) is 11.3 Å². The van der Waals surface area contributed by atoms with Gasteiger partial charge in [0.1, 0.15) is 12.4 Å². The number of methoxy groups -OCH3 is 1. The Hall–Kier alpha value is -1.55. The number of hydrogen-bond acceptors (Lipinski definition) is 4. The lowest BCUT2D eigenvalue weighted by Gasteiger charge is -2.12. The lowest BCUT2D eigenvalue weighted by molar-refractivity contribution is 0.350. The van der Waals surface area contributed by atoms with Crippen molar-refractivity contribution in [1.29, 1.82) is 0 Å². The molecule has 0 atom stereocenters. The van der Waals surface area contributed by atoms with Crippen LogP contribution in [0.4, 0.5) is 0 Å². The molecule has 1 aromatic carbocycles. The molecule has 0 radical (unpaired) electrons. The van der Waals surface area contributed by atoms with Gasteiger partial charge in [-0.25, -0.2) is 12.7 Å². The van der Waals surface area contributed by atoms with Crippen molar-refractivity contribution in [2.45, 2.75) is 4.90 Å². The Bertz CT molecular complexity index is 582. The average molecular weight is 269 g/mol. The Kier molecular flexibility index (Phi) is 4.73. The third-order valence-corrected chi connectivity index (χ3v) is 4.06. The first kappa shape index (κ1) is 14.5. The fourth-order valence-electron chi connectivity index (χ4n) is 1.29. The van der Waals surface area contributed by atoms with E-state index in [4.69, 9.17) is 9.84 Å². The molecule has 98 valence electrons. The predicted molar refractivity (Wildman–Crippen MR) is 67.8 cm³/mol. The summed E-state index contributed by atoms with van der Waals surface area (Å²) >= 11 is 0. The van der Waals surface area contributed by atoms with Crippen LogP contribution in [0.3, 0.4) is 0 Å². The zero-order valence-corrected chi connectivity index (χ0v) is 11.3. The van der Waals surface area contributed by atoms with Crippen molar-refractivity contribution in [2.75, 3.05) is 27.8 Å². The van der Waals surface area contributed by atoms with Crippen LogP contribution in [0.5, 0.6) is 5.75 Å². The predicted octanol–water partition coefficient (Wildman–Crippen LogP) is 0.289. The van der Waals surface area contributed by atoms with E-state index in [9.17, 15) is 8.42 Å². The minimum Gasteiger partial charge on any atom is -0.495 e. The molecular formula is C12H15NO4S. The van der Waals surface area contributed by atoms with E-state index in [1.165, 1.54) is 39.4 Å². The lowest BCUT2D eigenvalue weighted by Crippen LogP contribution is -2.22. The summed E-state index contributed by atoms with van der Waals surface area (Å²) < 4.78 is 30.1. The highest BCUT2D eigenvalue weighted by atomic mass is 32.2. The van der Waals surface area contributed by atoms with Crippen molar-refractivity contribution >= 4 is 10.0 Å². The molecule has 0 spiro atoms. The number of ether oxygens (including phenoxy) is 1. The largest absolute Gasteiger partial charge is 0.495 e. The van der Waals surface area contributed by atoms with E-state index in [1.807, 2.05) is 0 Å². The topological polar surface area (TPSA) is 66.8 Å². The quantitative estimate of drug-likeness (QED) is 0.801. The fraction of sp³-hybridized carbons (Fsp3) is 0.333. The van der Waals surface area contributed by atoms with Crippen molar-refractivity contribution < 1.29 is 18.3 Å². The molecule has 0 bridgehead atoms. The molecule has 6 heteroatoms. The lowest BCUT2D eigenvalue weighted by atomic mass is 10.2. The van der Waals surface area contributed by atoms with Crippen LogP contribution in [0, 0.1) is 11.8 Å².